The van der Waals surface area contributed by atoms with E-state index in [1.165, 1.54) is 11.0 Å². The van der Waals surface area contributed by atoms with Crippen LogP contribution in [0, 0.1) is 6.92 Å². The summed E-state index contributed by atoms with van der Waals surface area (Å²) in [6.07, 6.45) is 4.93. The van der Waals surface area contributed by atoms with Gasteiger partial charge in [0.1, 0.15) is 0 Å². The van der Waals surface area contributed by atoms with E-state index in [1.807, 2.05) is 48.0 Å². The Bertz CT molecular complexity index is 2080. The Morgan fingerprint density at radius 2 is 1.71 bits per heavy atom. The topological polar surface area (TPSA) is 96.8 Å². The van der Waals surface area contributed by atoms with E-state index in [0.717, 1.165) is 41.1 Å². The van der Waals surface area contributed by atoms with Crippen LogP contribution in [0.1, 0.15) is 43.2 Å². The predicted molar refractivity (Wildman–Crippen MR) is 194 cm³/mol. The van der Waals surface area contributed by atoms with Crippen LogP contribution >= 0.6 is 23.2 Å². The van der Waals surface area contributed by atoms with Gasteiger partial charge in [-0.3, -0.25) is 19.4 Å². The number of hydrogen-bond acceptors (Lipinski definition) is 6. The van der Waals surface area contributed by atoms with Crippen LogP contribution in [0.5, 0.6) is 0 Å². The Hall–Kier alpha value is -4.96. The first-order valence-electron chi connectivity index (χ1n) is 15.8. The monoisotopic (exact) mass is 695 g/mol. The first kappa shape index (κ1) is 33.9. The van der Waals surface area contributed by atoms with Crippen LogP contribution in [0.25, 0.3) is 22.7 Å². The molecule has 5 aromatic rings. The summed E-state index contributed by atoms with van der Waals surface area (Å²) in [6, 6.07) is 21.7. The number of benzene rings is 3. The molecule has 250 valence electrons. The van der Waals surface area contributed by atoms with Crippen molar-refractivity contribution in [3.8, 4) is 5.69 Å². The molecule has 0 aliphatic carbocycles. The first-order valence-corrected chi connectivity index (χ1v) is 16.6. The summed E-state index contributed by atoms with van der Waals surface area (Å²) in [4.78, 5) is 47.7. The van der Waals surface area contributed by atoms with Gasteiger partial charge < -0.3 is 24.4 Å². The third-order valence-electron chi connectivity index (χ3n) is 8.37. The third kappa shape index (κ3) is 7.24. The van der Waals surface area contributed by atoms with Crippen molar-refractivity contribution in [2.75, 3.05) is 45.3 Å². The number of pyridine rings is 1. The molecule has 0 atom stereocenters. The Balaban J connectivity index is 1.23. The molecule has 11 heteroatoms. The van der Waals surface area contributed by atoms with Gasteiger partial charge in [0.25, 0.3) is 5.91 Å². The van der Waals surface area contributed by atoms with Crippen LogP contribution in [0.15, 0.2) is 85.1 Å². The van der Waals surface area contributed by atoms with Gasteiger partial charge >= 0.3 is 0 Å². The van der Waals surface area contributed by atoms with Gasteiger partial charge in [0.15, 0.2) is 5.78 Å². The molecule has 2 amide bonds. The summed E-state index contributed by atoms with van der Waals surface area (Å²) in [6.45, 7) is 4.89. The lowest BCUT2D eigenvalue weighted by Crippen LogP contribution is -2.36. The van der Waals surface area contributed by atoms with E-state index in [2.05, 4.69) is 10.2 Å². The Morgan fingerprint density at radius 3 is 2.45 bits per heavy atom. The average Bonchev–Trinajstić information content (AvgIpc) is 3.57. The molecule has 9 nitrogen and oxygen atoms in total. The van der Waals surface area contributed by atoms with Gasteiger partial charge in [-0.15, -0.1) is 0 Å². The first-order chi connectivity index (χ1) is 23.6. The summed E-state index contributed by atoms with van der Waals surface area (Å²) in [5.41, 5.74) is 5.61. The zero-order valence-electron chi connectivity index (χ0n) is 27.4. The SMILES string of the molecule is Cc1cc(N2CCOCC2)c2cccc(C(=O)c3c(Cl)ccc(-n4cccc4CNC(=O)C=Cc4ccc(C(=O)N(C)C)cc4)c3Cl)c2n1. The number of rotatable bonds is 9. The fraction of sp³-hybridized carbons (Fsp3) is 0.211. The second-order valence-electron chi connectivity index (χ2n) is 11.9. The fourth-order valence-corrected chi connectivity index (χ4v) is 6.51. The molecule has 6 rings (SSSR count). The molecule has 1 N–H and O–H groups in total. The molecule has 1 aliphatic rings. The molecule has 3 heterocycles. The van der Waals surface area contributed by atoms with Crippen molar-refractivity contribution >= 4 is 63.5 Å². The number of amides is 2. The van der Waals surface area contributed by atoms with Crippen molar-refractivity contribution in [2.45, 2.75) is 13.5 Å². The number of carbonyl (C=O) groups excluding carboxylic acids is 3. The number of anilines is 1. The lowest BCUT2D eigenvalue weighted by atomic mass is 9.98. The number of para-hydroxylation sites is 1. The number of aryl methyl sites for hydroxylation is 1. The fourth-order valence-electron chi connectivity index (χ4n) is 5.87. The molecule has 0 saturated carbocycles. The Labute approximate surface area is 294 Å². The zero-order chi connectivity index (χ0) is 34.7. The highest BCUT2D eigenvalue weighted by Crippen LogP contribution is 2.36. The number of ether oxygens (including phenoxy) is 1. The smallest absolute Gasteiger partial charge is 0.253 e. The zero-order valence-corrected chi connectivity index (χ0v) is 28.9. The number of fused-ring (bicyclic) bond motifs is 1. The van der Waals surface area contributed by atoms with E-state index < -0.39 is 0 Å². The highest BCUT2D eigenvalue weighted by Gasteiger charge is 2.25. The molecular formula is C38H35Cl2N5O4. The van der Waals surface area contributed by atoms with Gasteiger partial charge in [-0.25, -0.2) is 0 Å². The number of nitrogens with one attached hydrogen (secondary N) is 1. The van der Waals surface area contributed by atoms with Gasteiger partial charge in [-0.05, 0) is 67.1 Å². The average molecular weight is 697 g/mol. The lowest BCUT2D eigenvalue weighted by molar-refractivity contribution is -0.116. The maximum absolute atomic E-state index is 14.3. The second-order valence-corrected chi connectivity index (χ2v) is 12.7. The molecular weight excluding hydrogens is 661 g/mol. The second kappa shape index (κ2) is 14.7. The van der Waals surface area contributed by atoms with Gasteiger partial charge in [0.2, 0.25) is 5.91 Å². The molecule has 0 radical (unpaired) electrons. The van der Waals surface area contributed by atoms with Gasteiger partial charge in [-0.2, -0.15) is 0 Å². The van der Waals surface area contributed by atoms with Crippen molar-refractivity contribution in [2.24, 2.45) is 0 Å². The van der Waals surface area contributed by atoms with E-state index in [4.69, 9.17) is 32.9 Å². The van der Waals surface area contributed by atoms with E-state index in [-0.39, 0.29) is 39.8 Å². The van der Waals surface area contributed by atoms with Crippen molar-refractivity contribution in [1.29, 1.82) is 0 Å². The van der Waals surface area contributed by atoms with E-state index in [1.54, 1.807) is 62.6 Å². The normalized spacial score (nSPS) is 13.2. The maximum Gasteiger partial charge on any atom is 0.253 e. The van der Waals surface area contributed by atoms with Crippen molar-refractivity contribution in [1.82, 2.24) is 19.8 Å². The highest BCUT2D eigenvalue weighted by atomic mass is 35.5. The van der Waals surface area contributed by atoms with E-state index in [0.29, 0.717) is 35.5 Å². The van der Waals surface area contributed by atoms with Crippen LogP contribution in [-0.4, -0.2) is 72.4 Å². The molecule has 0 bridgehead atoms. The van der Waals surface area contributed by atoms with Crippen LogP contribution in [0.4, 0.5) is 5.69 Å². The number of ketones is 1. The predicted octanol–water partition coefficient (Wildman–Crippen LogP) is 6.74. The molecule has 2 aromatic heterocycles. The van der Waals surface area contributed by atoms with Crippen LogP contribution in [0.2, 0.25) is 10.0 Å². The summed E-state index contributed by atoms with van der Waals surface area (Å²) >= 11 is 13.7. The van der Waals surface area contributed by atoms with Gasteiger partial charge in [-0.1, -0.05) is 47.5 Å². The van der Waals surface area contributed by atoms with E-state index in [9.17, 15) is 14.4 Å². The number of nitrogens with zero attached hydrogens (tertiary/aromatic N) is 4. The minimum atomic E-state index is -0.334. The van der Waals surface area contributed by atoms with Crippen molar-refractivity contribution in [3.63, 3.8) is 0 Å². The molecule has 3 aromatic carbocycles. The number of halogens is 2. The number of morpholine rings is 1. The van der Waals surface area contributed by atoms with E-state index >= 15 is 0 Å². The molecule has 1 aliphatic heterocycles. The van der Waals surface area contributed by atoms with Crippen LogP contribution in [0.3, 0.4) is 0 Å². The van der Waals surface area contributed by atoms with Crippen molar-refractivity contribution < 1.29 is 19.1 Å². The minimum absolute atomic E-state index is 0.0905. The summed E-state index contributed by atoms with van der Waals surface area (Å²) in [7, 11) is 3.39. The summed E-state index contributed by atoms with van der Waals surface area (Å²) < 4.78 is 7.37. The molecule has 0 unspecified atom stereocenters. The van der Waals surface area contributed by atoms with Crippen LogP contribution < -0.4 is 10.2 Å². The maximum atomic E-state index is 14.3. The lowest BCUT2D eigenvalue weighted by Gasteiger charge is -2.30. The summed E-state index contributed by atoms with van der Waals surface area (Å²) in [5, 5.41) is 4.18. The standard InChI is InChI=1S/C38H35Cl2N5O4/c1-24-22-32(44-18-20-49-21-19-44)28-7-4-8-29(36(28)42-24)37(47)34-30(39)14-15-31(35(34)40)45-17-5-6-27(45)23-41-33(46)16-11-25-9-12-26(13-10-25)38(48)43(2)3/h4-17,22H,18-21,23H2,1-3H3,(H,41,46). The Kier molecular flexibility index (Phi) is 10.1. The molecule has 0 spiro atoms. The van der Waals surface area contributed by atoms with Gasteiger partial charge in [0.05, 0.1) is 46.6 Å². The number of aromatic nitrogens is 2. The largest absolute Gasteiger partial charge is 0.378 e. The molecule has 49 heavy (non-hydrogen) atoms. The molecule has 1 saturated heterocycles. The Morgan fingerprint density at radius 1 is 0.959 bits per heavy atom. The van der Waals surface area contributed by atoms with Crippen molar-refractivity contribution in [3.05, 3.63) is 129 Å². The minimum Gasteiger partial charge on any atom is -0.378 e. The molecule has 1 fully saturated rings. The quantitative estimate of drug-likeness (QED) is 0.136. The number of carbonyl (C=O) groups is 3. The van der Waals surface area contributed by atoms with Crippen LogP contribution in [-0.2, 0) is 16.1 Å². The number of hydrogen-bond donors (Lipinski definition) is 1. The summed E-state index contributed by atoms with van der Waals surface area (Å²) in [5.74, 6) is -0.721. The highest BCUT2D eigenvalue weighted by molar-refractivity contribution is 6.42. The van der Waals surface area contributed by atoms with Gasteiger partial charge in [0, 0.05) is 73.0 Å². The third-order valence-corrected chi connectivity index (χ3v) is 9.06.